The monoisotopic (exact) mass is 497 g/mol. The van der Waals surface area contributed by atoms with Crippen molar-refractivity contribution < 1.29 is 23.8 Å². The van der Waals surface area contributed by atoms with E-state index in [1.165, 1.54) is 11.3 Å². The Balaban J connectivity index is 1.62. The third kappa shape index (κ3) is 4.09. The number of Topliss-reactive ketones (excluding diaryl/α,β-unsaturated/α-hetero) is 1. The van der Waals surface area contributed by atoms with Gasteiger partial charge in [-0.1, -0.05) is 38.2 Å². The lowest BCUT2D eigenvalue weighted by Gasteiger charge is -2.37. The number of fused-ring (bicyclic) bond motifs is 1. The topological polar surface area (TPSA) is 90.9 Å². The van der Waals surface area contributed by atoms with Crippen LogP contribution >= 0.6 is 11.3 Å². The molecule has 2 aromatic rings. The van der Waals surface area contributed by atoms with E-state index < -0.39 is 6.04 Å². The summed E-state index contributed by atoms with van der Waals surface area (Å²) in [5, 5.41) is 10.0. The van der Waals surface area contributed by atoms with Crippen LogP contribution in [0.15, 0.2) is 29.5 Å². The van der Waals surface area contributed by atoms with Crippen molar-refractivity contribution in [2.45, 2.75) is 58.6 Å². The molecule has 1 aromatic carbocycles. The van der Waals surface area contributed by atoms with E-state index in [4.69, 9.17) is 14.2 Å². The van der Waals surface area contributed by atoms with Crippen LogP contribution in [-0.4, -0.2) is 42.2 Å². The summed E-state index contributed by atoms with van der Waals surface area (Å²) in [6.45, 7) is 6.40. The van der Waals surface area contributed by atoms with Gasteiger partial charge >= 0.3 is 0 Å². The van der Waals surface area contributed by atoms with Crippen molar-refractivity contribution in [3.05, 3.63) is 40.1 Å². The zero-order valence-electron chi connectivity index (χ0n) is 20.7. The summed E-state index contributed by atoms with van der Waals surface area (Å²) < 4.78 is 17.2. The second kappa shape index (κ2) is 9.26. The average Bonchev–Trinajstić information content (AvgIpc) is 3.40. The smallest absolute Gasteiger partial charge is 0.296 e. The summed E-state index contributed by atoms with van der Waals surface area (Å²) in [4.78, 5) is 29.3. The van der Waals surface area contributed by atoms with Gasteiger partial charge in [0.2, 0.25) is 5.13 Å². The van der Waals surface area contributed by atoms with Gasteiger partial charge in [0, 0.05) is 6.42 Å². The van der Waals surface area contributed by atoms with E-state index in [1.54, 1.807) is 25.2 Å². The third-order valence-electron chi connectivity index (χ3n) is 7.08. The number of ether oxygens (including phenoxy) is 3. The second-order valence-corrected chi connectivity index (χ2v) is 11.1. The van der Waals surface area contributed by atoms with Gasteiger partial charge in [0.25, 0.3) is 5.91 Å². The summed E-state index contributed by atoms with van der Waals surface area (Å²) in [5.41, 5.74) is 1.15. The number of ketones is 1. The minimum absolute atomic E-state index is 0.00496. The number of benzene rings is 1. The van der Waals surface area contributed by atoms with Gasteiger partial charge in [-0.3, -0.25) is 14.5 Å². The molecular formula is C26H31N3O5S. The molecule has 1 fully saturated rings. The summed E-state index contributed by atoms with van der Waals surface area (Å²) in [6.07, 6.45) is 3.05. The molecule has 4 unspecified atom stereocenters. The number of hydrogen-bond donors (Lipinski definition) is 0. The van der Waals surface area contributed by atoms with E-state index in [2.05, 4.69) is 31.0 Å². The first-order chi connectivity index (χ1) is 16.8. The number of anilines is 1. The molecule has 0 radical (unpaired) electrons. The maximum Gasteiger partial charge on any atom is 0.296 e. The highest BCUT2D eigenvalue weighted by Crippen LogP contribution is 2.50. The Kier molecular flexibility index (Phi) is 6.29. The Bertz CT molecular complexity index is 1190. The van der Waals surface area contributed by atoms with Gasteiger partial charge in [-0.2, -0.15) is 0 Å². The first-order valence-corrected chi connectivity index (χ1v) is 13.0. The molecule has 1 amide bonds. The van der Waals surface area contributed by atoms with Gasteiger partial charge in [0.05, 0.1) is 31.8 Å². The van der Waals surface area contributed by atoms with Crippen LogP contribution in [0.2, 0.25) is 0 Å². The summed E-state index contributed by atoms with van der Waals surface area (Å²) >= 11 is 1.38. The molecule has 4 atom stereocenters. The largest absolute Gasteiger partial charge is 0.493 e. The molecule has 186 valence electrons. The number of amides is 1. The van der Waals surface area contributed by atoms with Gasteiger partial charge in [0.1, 0.15) is 11.1 Å². The maximum atomic E-state index is 13.9. The molecular weight excluding hydrogens is 466 g/mol. The Morgan fingerprint density at radius 3 is 2.63 bits per heavy atom. The SMILES string of the molecule is COc1ccc(C2C3=C(OC4CCC(C)CC4C3=O)C(=O)N2c2nnc(CC(C)C)s2)cc1OC. The molecule has 0 spiro atoms. The van der Waals surface area contributed by atoms with Crippen LogP contribution in [0, 0.1) is 17.8 Å². The fourth-order valence-corrected chi connectivity index (χ4v) is 6.46. The lowest BCUT2D eigenvalue weighted by atomic mass is 9.74. The van der Waals surface area contributed by atoms with E-state index in [0.29, 0.717) is 34.0 Å². The first-order valence-electron chi connectivity index (χ1n) is 12.1. The predicted octanol–water partition coefficient (Wildman–Crippen LogP) is 4.50. The van der Waals surface area contributed by atoms with Crippen LogP contribution in [0.3, 0.4) is 0 Å². The third-order valence-corrected chi connectivity index (χ3v) is 8.02. The van der Waals surface area contributed by atoms with Crippen LogP contribution < -0.4 is 14.4 Å². The molecule has 3 aliphatic rings. The fourth-order valence-electron chi connectivity index (χ4n) is 5.39. The molecule has 8 nitrogen and oxygen atoms in total. The van der Waals surface area contributed by atoms with Crippen LogP contribution in [0.25, 0.3) is 0 Å². The number of nitrogens with zero attached hydrogens (tertiary/aromatic N) is 3. The molecule has 0 bridgehead atoms. The quantitative estimate of drug-likeness (QED) is 0.580. The first kappa shape index (κ1) is 23.8. The molecule has 1 saturated carbocycles. The summed E-state index contributed by atoms with van der Waals surface area (Å²) in [7, 11) is 3.14. The lowest BCUT2D eigenvalue weighted by molar-refractivity contribution is -0.132. The highest BCUT2D eigenvalue weighted by molar-refractivity contribution is 7.15. The summed E-state index contributed by atoms with van der Waals surface area (Å²) in [6, 6.07) is 4.81. The van der Waals surface area contributed by atoms with E-state index in [-0.39, 0.29) is 29.5 Å². The van der Waals surface area contributed by atoms with Gasteiger partial charge in [-0.15, -0.1) is 10.2 Å². The van der Waals surface area contributed by atoms with Crippen LogP contribution in [-0.2, 0) is 20.7 Å². The van der Waals surface area contributed by atoms with Crippen LogP contribution in [0.5, 0.6) is 11.5 Å². The molecule has 5 rings (SSSR count). The minimum Gasteiger partial charge on any atom is -0.493 e. The standard InChI is InChI=1S/C26H31N3O5S/c1-13(2)10-20-27-28-26(35-20)29-22(15-7-9-18(32-4)19(12-15)33-5)21-23(30)16-11-14(3)6-8-17(16)34-24(21)25(29)31/h7,9,12-14,16-17,22H,6,8,10-11H2,1-5H3. The number of aromatic nitrogens is 2. The predicted molar refractivity (Wildman–Crippen MR) is 132 cm³/mol. The number of rotatable bonds is 6. The lowest BCUT2D eigenvalue weighted by Crippen LogP contribution is -2.41. The van der Waals surface area contributed by atoms with E-state index in [1.807, 2.05) is 12.1 Å². The fraction of sp³-hybridized carbons (Fsp3) is 0.538. The molecule has 9 heteroatoms. The van der Waals surface area contributed by atoms with Crippen molar-refractivity contribution >= 4 is 28.2 Å². The molecule has 0 saturated heterocycles. The zero-order valence-corrected chi connectivity index (χ0v) is 21.6. The van der Waals surface area contributed by atoms with Crippen LogP contribution in [0.1, 0.15) is 56.6 Å². The van der Waals surface area contributed by atoms with Crippen LogP contribution in [0.4, 0.5) is 5.13 Å². The van der Waals surface area contributed by atoms with Crippen molar-refractivity contribution in [2.75, 3.05) is 19.1 Å². The number of hydrogen-bond acceptors (Lipinski definition) is 8. The van der Waals surface area contributed by atoms with Crippen molar-refractivity contribution in [3.63, 3.8) is 0 Å². The zero-order chi connectivity index (χ0) is 24.9. The van der Waals surface area contributed by atoms with E-state index in [9.17, 15) is 9.59 Å². The number of carbonyl (C=O) groups is 2. The van der Waals surface area contributed by atoms with Crippen molar-refractivity contribution in [1.82, 2.24) is 10.2 Å². The average molecular weight is 498 g/mol. The van der Waals surface area contributed by atoms with Gasteiger partial charge in [-0.05, 0) is 48.8 Å². The Hall–Kier alpha value is -2.94. The number of methoxy groups -OCH3 is 2. The molecule has 3 heterocycles. The van der Waals surface area contributed by atoms with Crippen molar-refractivity contribution in [2.24, 2.45) is 17.8 Å². The highest BCUT2D eigenvalue weighted by atomic mass is 32.1. The van der Waals surface area contributed by atoms with Gasteiger partial charge < -0.3 is 14.2 Å². The van der Waals surface area contributed by atoms with Gasteiger partial charge in [-0.25, -0.2) is 0 Å². The Morgan fingerprint density at radius 1 is 1.14 bits per heavy atom. The van der Waals surface area contributed by atoms with Crippen molar-refractivity contribution in [3.8, 4) is 11.5 Å². The maximum absolute atomic E-state index is 13.9. The Morgan fingerprint density at radius 2 is 1.91 bits per heavy atom. The summed E-state index contributed by atoms with van der Waals surface area (Å²) in [5.74, 6) is 1.54. The van der Waals surface area contributed by atoms with Gasteiger partial charge in [0.15, 0.2) is 23.0 Å². The number of carbonyl (C=O) groups excluding carboxylic acids is 2. The minimum atomic E-state index is -0.664. The molecule has 35 heavy (non-hydrogen) atoms. The molecule has 0 N–H and O–H groups in total. The molecule has 2 aliphatic heterocycles. The molecule has 1 aromatic heterocycles. The normalized spacial score (nSPS) is 26.1. The molecule has 1 aliphatic carbocycles. The second-order valence-electron chi connectivity index (χ2n) is 10.1. The van der Waals surface area contributed by atoms with Crippen molar-refractivity contribution in [1.29, 1.82) is 0 Å². The Labute approximate surface area is 209 Å². The highest BCUT2D eigenvalue weighted by Gasteiger charge is 2.53. The van der Waals surface area contributed by atoms with E-state index in [0.717, 1.165) is 36.3 Å². The van der Waals surface area contributed by atoms with E-state index >= 15 is 0 Å².